The van der Waals surface area contributed by atoms with Crippen LogP contribution in [0.15, 0.2) is 36.9 Å². The predicted octanol–water partition coefficient (Wildman–Crippen LogP) is 5.57. The Hall–Kier alpha value is -2.50. The lowest BCUT2D eigenvalue weighted by Crippen LogP contribution is -2.30. The lowest BCUT2D eigenvalue weighted by atomic mass is 9.97. The van der Waals surface area contributed by atoms with Gasteiger partial charge in [0.05, 0.1) is 19.5 Å². The van der Waals surface area contributed by atoms with E-state index in [2.05, 4.69) is 33.5 Å². The van der Waals surface area contributed by atoms with Crippen LogP contribution in [-0.2, 0) is 16.1 Å². The molecule has 0 amide bonds. The number of ether oxygens (including phenoxy) is 2. The number of aromatic nitrogens is 2. The standard InChI is InChI=1S/C26H39N3O3/c1-3-5-6-7-8-9-10-17-32-23-11-12-25-24(18-23)22(13-15-28-16-14-27-21-28)19-29(25)20-26(30)31-4-2/h11-12,14,16,18,21-22H,3-10,13,15,17,19-20H2,1-2H3. The lowest BCUT2D eigenvalue weighted by Gasteiger charge is -2.19. The van der Waals surface area contributed by atoms with Crippen LogP contribution in [0.3, 0.4) is 0 Å². The summed E-state index contributed by atoms with van der Waals surface area (Å²) in [6.45, 7) is 7.29. The summed E-state index contributed by atoms with van der Waals surface area (Å²) in [5, 5.41) is 0. The van der Waals surface area contributed by atoms with Crippen LogP contribution >= 0.6 is 0 Å². The molecule has 0 bridgehead atoms. The minimum absolute atomic E-state index is 0.173. The summed E-state index contributed by atoms with van der Waals surface area (Å²) in [5.41, 5.74) is 2.39. The normalized spacial score (nSPS) is 15.1. The van der Waals surface area contributed by atoms with Crippen molar-refractivity contribution >= 4 is 11.7 Å². The third kappa shape index (κ3) is 7.28. The SMILES string of the molecule is CCCCCCCCCOc1ccc2c(c1)C(CCn1ccnc1)CN2CC(=O)OCC. The molecule has 2 heterocycles. The van der Waals surface area contributed by atoms with Crippen molar-refractivity contribution in [3.05, 3.63) is 42.5 Å². The fourth-order valence-electron chi connectivity index (χ4n) is 4.43. The van der Waals surface area contributed by atoms with Crippen LogP contribution in [0.2, 0.25) is 0 Å². The molecule has 0 radical (unpaired) electrons. The van der Waals surface area contributed by atoms with E-state index < -0.39 is 0 Å². The summed E-state index contributed by atoms with van der Waals surface area (Å²) >= 11 is 0. The van der Waals surface area contributed by atoms with Gasteiger partial charge in [-0.15, -0.1) is 0 Å². The van der Waals surface area contributed by atoms with Gasteiger partial charge in [0.25, 0.3) is 0 Å². The Kier molecular flexibility index (Phi) is 9.92. The van der Waals surface area contributed by atoms with E-state index in [1.54, 1.807) is 0 Å². The maximum Gasteiger partial charge on any atom is 0.325 e. The molecule has 0 N–H and O–H groups in total. The number of carbonyl (C=O) groups excluding carboxylic acids is 1. The van der Waals surface area contributed by atoms with Gasteiger partial charge in [-0.3, -0.25) is 4.79 Å². The molecule has 0 spiro atoms. The van der Waals surface area contributed by atoms with Crippen molar-refractivity contribution in [1.82, 2.24) is 9.55 Å². The molecule has 6 heteroatoms. The Balaban J connectivity index is 1.56. The van der Waals surface area contributed by atoms with Gasteiger partial charge in [-0.2, -0.15) is 0 Å². The second kappa shape index (κ2) is 13.1. The van der Waals surface area contributed by atoms with Crippen molar-refractivity contribution in [3.8, 4) is 5.75 Å². The second-order valence-corrected chi connectivity index (χ2v) is 8.66. The van der Waals surface area contributed by atoms with Gasteiger partial charge < -0.3 is 18.9 Å². The first-order valence-electron chi connectivity index (χ1n) is 12.3. The number of carbonyl (C=O) groups is 1. The molecule has 2 aromatic rings. The van der Waals surface area contributed by atoms with Crippen molar-refractivity contribution in [2.75, 3.05) is 31.2 Å². The average molecular weight is 442 g/mol. The molecule has 32 heavy (non-hydrogen) atoms. The zero-order chi connectivity index (χ0) is 22.6. The Morgan fingerprint density at radius 1 is 1.12 bits per heavy atom. The number of imidazole rings is 1. The molecule has 0 saturated carbocycles. The van der Waals surface area contributed by atoms with Crippen LogP contribution in [0.25, 0.3) is 0 Å². The zero-order valence-electron chi connectivity index (χ0n) is 19.8. The van der Waals surface area contributed by atoms with Gasteiger partial charge >= 0.3 is 5.97 Å². The van der Waals surface area contributed by atoms with Crippen LogP contribution in [0.1, 0.15) is 76.7 Å². The van der Waals surface area contributed by atoms with E-state index in [0.717, 1.165) is 44.0 Å². The maximum absolute atomic E-state index is 12.1. The summed E-state index contributed by atoms with van der Waals surface area (Å²) in [6, 6.07) is 6.32. The van der Waals surface area contributed by atoms with Gasteiger partial charge in [0.1, 0.15) is 12.3 Å². The molecular weight excluding hydrogens is 402 g/mol. The van der Waals surface area contributed by atoms with Gasteiger partial charge in [-0.25, -0.2) is 4.98 Å². The number of rotatable bonds is 15. The largest absolute Gasteiger partial charge is 0.494 e. The molecule has 1 aliphatic rings. The topological polar surface area (TPSA) is 56.6 Å². The van der Waals surface area contributed by atoms with E-state index in [4.69, 9.17) is 9.47 Å². The molecule has 6 nitrogen and oxygen atoms in total. The van der Waals surface area contributed by atoms with Gasteiger partial charge in [0.15, 0.2) is 0 Å². The highest BCUT2D eigenvalue weighted by molar-refractivity contribution is 5.78. The molecule has 1 unspecified atom stereocenters. The van der Waals surface area contributed by atoms with E-state index in [9.17, 15) is 4.79 Å². The summed E-state index contributed by atoms with van der Waals surface area (Å²) < 4.78 is 13.4. The van der Waals surface area contributed by atoms with Crippen molar-refractivity contribution in [2.24, 2.45) is 0 Å². The van der Waals surface area contributed by atoms with Gasteiger partial charge in [-0.05, 0) is 43.5 Å². The number of esters is 1. The third-order valence-corrected chi connectivity index (χ3v) is 6.16. The third-order valence-electron chi connectivity index (χ3n) is 6.16. The number of aryl methyl sites for hydroxylation is 1. The van der Waals surface area contributed by atoms with E-state index in [-0.39, 0.29) is 5.97 Å². The summed E-state index contributed by atoms with van der Waals surface area (Å²) in [4.78, 5) is 18.4. The van der Waals surface area contributed by atoms with Crippen molar-refractivity contribution in [1.29, 1.82) is 0 Å². The number of anilines is 1. The van der Waals surface area contributed by atoms with Gasteiger partial charge in [0.2, 0.25) is 0 Å². The Bertz CT molecular complexity index is 807. The summed E-state index contributed by atoms with van der Waals surface area (Å²) in [6.07, 6.45) is 15.6. The number of benzene rings is 1. The van der Waals surface area contributed by atoms with E-state index >= 15 is 0 Å². The number of hydrogen-bond acceptors (Lipinski definition) is 5. The first kappa shape index (κ1) is 24.1. The minimum atomic E-state index is -0.173. The zero-order valence-corrected chi connectivity index (χ0v) is 19.8. The van der Waals surface area contributed by atoms with Crippen LogP contribution in [-0.4, -0.2) is 41.8 Å². The van der Waals surface area contributed by atoms with Crippen LogP contribution < -0.4 is 9.64 Å². The highest BCUT2D eigenvalue weighted by atomic mass is 16.5. The Morgan fingerprint density at radius 3 is 2.69 bits per heavy atom. The molecular formula is C26H39N3O3. The average Bonchev–Trinajstić information content (AvgIpc) is 3.42. The highest BCUT2D eigenvalue weighted by Gasteiger charge is 2.30. The van der Waals surface area contributed by atoms with Crippen molar-refractivity contribution < 1.29 is 14.3 Å². The summed E-state index contributed by atoms with van der Waals surface area (Å²) in [7, 11) is 0. The number of nitrogens with zero attached hydrogens (tertiary/aromatic N) is 3. The van der Waals surface area contributed by atoms with Crippen LogP contribution in [0, 0.1) is 0 Å². The molecule has 1 atom stereocenters. The molecule has 1 aromatic heterocycles. The minimum Gasteiger partial charge on any atom is -0.494 e. The fraction of sp³-hybridized carbons (Fsp3) is 0.615. The molecule has 0 aliphatic carbocycles. The first-order valence-corrected chi connectivity index (χ1v) is 12.3. The van der Waals surface area contributed by atoms with E-state index in [1.807, 2.05) is 31.7 Å². The lowest BCUT2D eigenvalue weighted by molar-refractivity contribution is -0.141. The van der Waals surface area contributed by atoms with Gasteiger partial charge in [-0.1, -0.05) is 45.4 Å². The second-order valence-electron chi connectivity index (χ2n) is 8.66. The molecule has 176 valence electrons. The summed E-state index contributed by atoms with van der Waals surface area (Å²) in [5.74, 6) is 1.11. The fourth-order valence-corrected chi connectivity index (χ4v) is 4.43. The number of fused-ring (bicyclic) bond motifs is 1. The van der Waals surface area contributed by atoms with Crippen molar-refractivity contribution in [3.63, 3.8) is 0 Å². The molecule has 1 aliphatic heterocycles. The molecule has 1 aromatic carbocycles. The molecule has 0 fully saturated rings. The predicted molar refractivity (Wildman–Crippen MR) is 128 cm³/mol. The maximum atomic E-state index is 12.1. The first-order chi connectivity index (χ1) is 15.7. The Labute approximate surface area is 192 Å². The quantitative estimate of drug-likeness (QED) is 0.267. The van der Waals surface area contributed by atoms with Crippen LogP contribution in [0.5, 0.6) is 5.75 Å². The highest BCUT2D eigenvalue weighted by Crippen LogP contribution is 2.40. The van der Waals surface area contributed by atoms with Gasteiger partial charge in [0, 0.05) is 37.1 Å². The van der Waals surface area contributed by atoms with E-state index in [1.165, 1.54) is 44.1 Å². The number of unbranched alkanes of at least 4 members (excludes halogenated alkanes) is 6. The van der Waals surface area contributed by atoms with Crippen molar-refractivity contribution in [2.45, 2.75) is 77.7 Å². The van der Waals surface area contributed by atoms with E-state index in [0.29, 0.717) is 19.1 Å². The molecule has 0 saturated heterocycles. The monoisotopic (exact) mass is 441 g/mol. The van der Waals surface area contributed by atoms with Crippen LogP contribution in [0.4, 0.5) is 5.69 Å². The molecule has 3 rings (SSSR count). The smallest absolute Gasteiger partial charge is 0.325 e. The number of hydrogen-bond donors (Lipinski definition) is 0. The Morgan fingerprint density at radius 2 is 1.94 bits per heavy atom.